The lowest BCUT2D eigenvalue weighted by molar-refractivity contribution is 0.0760. The molecule has 2 heterocycles. The zero-order valence-electron chi connectivity index (χ0n) is 12.8. The second-order valence-electron chi connectivity index (χ2n) is 5.87. The van der Waals surface area contributed by atoms with Crippen LogP contribution in [0, 0.1) is 6.92 Å². The first-order valence-electron chi connectivity index (χ1n) is 7.51. The minimum Gasteiger partial charge on any atom is -0.292 e. The minimum atomic E-state index is -0.0734. The third kappa shape index (κ3) is 2.68. The molecule has 3 rings (SSSR count). The smallest absolute Gasteiger partial charge is 0.179 e. The molecular formula is C18H21NOS. The van der Waals surface area contributed by atoms with Crippen LogP contribution in [0.25, 0.3) is 0 Å². The molecule has 3 heteroatoms. The highest BCUT2D eigenvalue weighted by molar-refractivity contribution is 7.10. The van der Waals surface area contributed by atoms with E-state index in [9.17, 15) is 4.79 Å². The summed E-state index contributed by atoms with van der Waals surface area (Å²) in [4.78, 5) is 16.5. The van der Waals surface area contributed by atoms with E-state index in [1.54, 1.807) is 0 Å². The van der Waals surface area contributed by atoms with Crippen LogP contribution in [-0.4, -0.2) is 23.3 Å². The number of Topliss-reactive ketones (excluding diaryl/α,β-unsaturated/α-hetero) is 1. The summed E-state index contributed by atoms with van der Waals surface area (Å²) < 4.78 is 0. The van der Waals surface area contributed by atoms with Gasteiger partial charge in [0.05, 0.1) is 6.04 Å². The van der Waals surface area contributed by atoms with Gasteiger partial charge in [0.15, 0.2) is 5.78 Å². The van der Waals surface area contributed by atoms with Crippen LogP contribution in [0.5, 0.6) is 0 Å². The number of carbonyl (C=O) groups excluding carboxylic acids is 1. The van der Waals surface area contributed by atoms with Crippen molar-refractivity contribution in [3.63, 3.8) is 0 Å². The Labute approximate surface area is 130 Å². The van der Waals surface area contributed by atoms with Crippen LogP contribution in [0.1, 0.15) is 46.3 Å². The van der Waals surface area contributed by atoms with Crippen molar-refractivity contribution in [1.29, 1.82) is 0 Å². The molecule has 1 aromatic heterocycles. The standard InChI is InChI=1S/C18H21NOS/c1-12-4-6-15(7-5-12)18(20)14(3)19-10-8-17-16(13(19)2)9-11-21-17/h4-7,9,11,13-14H,8,10H2,1-3H3. The molecule has 1 aromatic carbocycles. The summed E-state index contributed by atoms with van der Waals surface area (Å²) in [7, 11) is 0. The van der Waals surface area contributed by atoms with Gasteiger partial charge in [-0.1, -0.05) is 29.8 Å². The second-order valence-corrected chi connectivity index (χ2v) is 6.87. The van der Waals surface area contributed by atoms with Crippen molar-refractivity contribution in [2.45, 2.75) is 39.3 Å². The largest absolute Gasteiger partial charge is 0.292 e. The molecule has 0 saturated heterocycles. The lowest BCUT2D eigenvalue weighted by Crippen LogP contribution is -2.44. The van der Waals surface area contributed by atoms with Crippen LogP contribution >= 0.6 is 11.3 Å². The normalized spacial score (nSPS) is 20.0. The van der Waals surface area contributed by atoms with Gasteiger partial charge in [0, 0.05) is 23.0 Å². The Balaban J connectivity index is 1.81. The number of carbonyl (C=O) groups is 1. The summed E-state index contributed by atoms with van der Waals surface area (Å²) in [5.41, 5.74) is 3.40. The fourth-order valence-electron chi connectivity index (χ4n) is 3.17. The predicted octanol–water partition coefficient (Wildman–Crippen LogP) is 4.25. The van der Waals surface area contributed by atoms with Gasteiger partial charge < -0.3 is 0 Å². The van der Waals surface area contributed by atoms with Crippen LogP contribution in [0.4, 0.5) is 0 Å². The van der Waals surface area contributed by atoms with Crippen molar-refractivity contribution in [2.24, 2.45) is 0 Å². The van der Waals surface area contributed by atoms with E-state index >= 15 is 0 Å². The average Bonchev–Trinajstić information content (AvgIpc) is 2.96. The van der Waals surface area contributed by atoms with Gasteiger partial charge in [-0.25, -0.2) is 0 Å². The van der Waals surface area contributed by atoms with Gasteiger partial charge in [0.25, 0.3) is 0 Å². The number of aryl methyl sites for hydroxylation is 1. The number of rotatable bonds is 3. The quantitative estimate of drug-likeness (QED) is 0.790. The first-order chi connectivity index (χ1) is 10.1. The number of hydrogen-bond acceptors (Lipinski definition) is 3. The summed E-state index contributed by atoms with van der Waals surface area (Å²) in [5, 5.41) is 2.16. The SMILES string of the molecule is Cc1ccc(C(=O)C(C)N2CCc3sccc3C2C)cc1. The molecule has 2 aromatic rings. The van der Waals surface area contributed by atoms with Crippen LogP contribution in [0.3, 0.4) is 0 Å². The molecule has 110 valence electrons. The molecule has 0 aliphatic carbocycles. The fraction of sp³-hybridized carbons (Fsp3) is 0.389. The van der Waals surface area contributed by atoms with Gasteiger partial charge in [-0.2, -0.15) is 0 Å². The molecule has 0 N–H and O–H groups in total. The van der Waals surface area contributed by atoms with Crippen molar-refractivity contribution >= 4 is 17.1 Å². The molecule has 0 fully saturated rings. The summed E-state index contributed by atoms with van der Waals surface area (Å²) in [6.07, 6.45) is 1.06. The van der Waals surface area contributed by atoms with Crippen molar-refractivity contribution in [3.05, 3.63) is 57.3 Å². The number of benzene rings is 1. The third-order valence-electron chi connectivity index (χ3n) is 4.54. The lowest BCUT2D eigenvalue weighted by Gasteiger charge is -2.37. The van der Waals surface area contributed by atoms with E-state index in [0.29, 0.717) is 6.04 Å². The predicted molar refractivity (Wildman–Crippen MR) is 88.1 cm³/mol. The van der Waals surface area contributed by atoms with E-state index in [-0.39, 0.29) is 11.8 Å². The molecule has 2 nitrogen and oxygen atoms in total. The highest BCUT2D eigenvalue weighted by atomic mass is 32.1. The van der Waals surface area contributed by atoms with Gasteiger partial charge >= 0.3 is 0 Å². The maximum Gasteiger partial charge on any atom is 0.179 e. The molecule has 1 aliphatic rings. The first-order valence-corrected chi connectivity index (χ1v) is 8.39. The Morgan fingerprint density at radius 3 is 2.71 bits per heavy atom. The number of thiophene rings is 1. The highest BCUT2D eigenvalue weighted by Gasteiger charge is 2.31. The summed E-state index contributed by atoms with van der Waals surface area (Å²) in [6.45, 7) is 7.26. The maximum atomic E-state index is 12.7. The monoisotopic (exact) mass is 299 g/mol. The van der Waals surface area contributed by atoms with Gasteiger partial charge in [0.1, 0.15) is 0 Å². The molecule has 0 radical (unpaired) electrons. The fourth-order valence-corrected chi connectivity index (χ4v) is 4.13. The topological polar surface area (TPSA) is 20.3 Å². The number of ketones is 1. The lowest BCUT2D eigenvalue weighted by atomic mass is 9.96. The van der Waals surface area contributed by atoms with Crippen molar-refractivity contribution < 1.29 is 4.79 Å². The molecule has 2 atom stereocenters. The van der Waals surface area contributed by atoms with Crippen molar-refractivity contribution in [2.75, 3.05) is 6.54 Å². The van der Waals surface area contributed by atoms with Crippen molar-refractivity contribution in [3.8, 4) is 0 Å². The Hall–Kier alpha value is -1.45. The summed E-state index contributed by atoms with van der Waals surface area (Å²) in [5.74, 6) is 0.223. The Morgan fingerprint density at radius 2 is 2.00 bits per heavy atom. The zero-order chi connectivity index (χ0) is 15.0. The van der Waals surface area contributed by atoms with Crippen molar-refractivity contribution in [1.82, 2.24) is 4.90 Å². The van der Waals surface area contributed by atoms with E-state index in [2.05, 4.69) is 23.3 Å². The Kier molecular flexibility index (Phi) is 3.96. The van der Waals surface area contributed by atoms with E-state index in [0.717, 1.165) is 18.5 Å². The van der Waals surface area contributed by atoms with Crippen LogP contribution in [0.15, 0.2) is 35.7 Å². The zero-order valence-corrected chi connectivity index (χ0v) is 13.6. The van der Waals surface area contributed by atoms with Crippen LogP contribution < -0.4 is 0 Å². The molecule has 21 heavy (non-hydrogen) atoms. The summed E-state index contributed by atoms with van der Waals surface area (Å²) in [6, 6.07) is 10.4. The number of fused-ring (bicyclic) bond motifs is 1. The van der Waals surface area contributed by atoms with Gasteiger partial charge in [-0.15, -0.1) is 11.3 Å². The molecule has 0 spiro atoms. The Morgan fingerprint density at radius 1 is 1.29 bits per heavy atom. The highest BCUT2D eigenvalue weighted by Crippen LogP contribution is 2.34. The van der Waals surface area contributed by atoms with E-state index in [1.165, 1.54) is 16.0 Å². The summed E-state index contributed by atoms with van der Waals surface area (Å²) >= 11 is 1.84. The minimum absolute atomic E-state index is 0.0734. The molecule has 0 saturated carbocycles. The van der Waals surface area contributed by atoms with E-state index in [1.807, 2.05) is 49.4 Å². The van der Waals surface area contributed by atoms with Gasteiger partial charge in [-0.3, -0.25) is 9.69 Å². The van der Waals surface area contributed by atoms with Crippen LogP contribution in [0.2, 0.25) is 0 Å². The number of hydrogen-bond donors (Lipinski definition) is 0. The number of nitrogens with zero attached hydrogens (tertiary/aromatic N) is 1. The maximum absolute atomic E-state index is 12.7. The Bertz CT molecular complexity index is 643. The molecule has 2 unspecified atom stereocenters. The van der Waals surface area contributed by atoms with E-state index in [4.69, 9.17) is 0 Å². The molecule has 1 aliphatic heterocycles. The van der Waals surface area contributed by atoms with Crippen LogP contribution in [-0.2, 0) is 6.42 Å². The second kappa shape index (κ2) is 5.74. The third-order valence-corrected chi connectivity index (χ3v) is 5.53. The van der Waals surface area contributed by atoms with E-state index < -0.39 is 0 Å². The average molecular weight is 299 g/mol. The molecular weight excluding hydrogens is 278 g/mol. The molecule has 0 amide bonds. The first kappa shape index (κ1) is 14.5. The van der Waals surface area contributed by atoms with Gasteiger partial charge in [0.2, 0.25) is 0 Å². The molecule has 0 bridgehead atoms. The van der Waals surface area contributed by atoms with Gasteiger partial charge in [-0.05, 0) is 44.2 Å².